The first-order valence-electron chi connectivity index (χ1n) is 6.26. The molecule has 0 aliphatic rings. The van der Waals surface area contributed by atoms with Crippen LogP contribution < -0.4 is 5.32 Å². The average molecular weight is 289 g/mol. The Bertz CT molecular complexity index is 674. The van der Waals surface area contributed by atoms with Crippen LogP contribution in [0.3, 0.4) is 0 Å². The number of nitrogens with one attached hydrogen (secondary N) is 1. The zero-order valence-corrected chi connectivity index (χ0v) is 11.7. The number of aromatic carboxylic acids is 1. The predicted octanol–water partition coefficient (Wildman–Crippen LogP) is 2.68. The van der Waals surface area contributed by atoms with E-state index >= 15 is 0 Å². The number of carboxylic acid groups (broad SMARTS) is 1. The van der Waals surface area contributed by atoms with Crippen molar-refractivity contribution in [3.05, 3.63) is 53.0 Å². The fourth-order valence-electron chi connectivity index (χ4n) is 1.92. The van der Waals surface area contributed by atoms with Crippen LogP contribution in [-0.4, -0.2) is 24.2 Å². The Kier molecular flexibility index (Phi) is 4.27. The monoisotopic (exact) mass is 289 g/mol. The summed E-state index contributed by atoms with van der Waals surface area (Å²) < 4.78 is 9.88. The van der Waals surface area contributed by atoms with Crippen molar-refractivity contribution in [2.24, 2.45) is 0 Å². The minimum absolute atomic E-state index is 0.130. The lowest BCUT2D eigenvalue weighted by Crippen LogP contribution is -2.05. The number of carboxylic acids is 1. The van der Waals surface area contributed by atoms with Gasteiger partial charge >= 0.3 is 11.9 Å². The Morgan fingerprint density at radius 2 is 2.05 bits per heavy atom. The van der Waals surface area contributed by atoms with Gasteiger partial charge in [-0.15, -0.1) is 0 Å². The number of methoxy groups -OCH3 is 1. The minimum Gasteiger partial charge on any atom is -0.478 e. The van der Waals surface area contributed by atoms with Crippen LogP contribution in [0.2, 0.25) is 0 Å². The molecule has 0 radical (unpaired) electrons. The number of carbonyl (C=O) groups is 2. The van der Waals surface area contributed by atoms with Crippen LogP contribution in [-0.2, 0) is 11.3 Å². The quantitative estimate of drug-likeness (QED) is 0.823. The first kappa shape index (κ1) is 14.6. The Hall–Kier alpha value is -2.76. The van der Waals surface area contributed by atoms with E-state index in [9.17, 15) is 9.59 Å². The maximum Gasteiger partial charge on any atom is 0.373 e. The smallest absolute Gasteiger partial charge is 0.373 e. The van der Waals surface area contributed by atoms with Gasteiger partial charge in [0, 0.05) is 5.69 Å². The van der Waals surface area contributed by atoms with E-state index < -0.39 is 11.9 Å². The molecule has 0 saturated heterocycles. The van der Waals surface area contributed by atoms with Gasteiger partial charge in [-0.1, -0.05) is 6.07 Å². The fraction of sp³-hybridized carbons (Fsp3) is 0.200. The Balaban J connectivity index is 2.10. The standard InChI is InChI=1S/C15H15NO5/c1-9-11(14(17)18)4-3-5-12(9)16-8-10-6-7-13(21-10)15(19)20-2/h3-7,16H,8H2,1-2H3,(H,17,18). The van der Waals surface area contributed by atoms with Gasteiger partial charge in [-0.2, -0.15) is 0 Å². The summed E-state index contributed by atoms with van der Waals surface area (Å²) in [5.74, 6) is -0.826. The number of carbonyl (C=O) groups excluding carboxylic acids is 1. The van der Waals surface area contributed by atoms with Crippen molar-refractivity contribution in [1.82, 2.24) is 0 Å². The largest absolute Gasteiger partial charge is 0.478 e. The number of hydrogen-bond acceptors (Lipinski definition) is 5. The lowest BCUT2D eigenvalue weighted by Gasteiger charge is -2.10. The molecule has 6 nitrogen and oxygen atoms in total. The van der Waals surface area contributed by atoms with Crippen LogP contribution in [0.25, 0.3) is 0 Å². The summed E-state index contributed by atoms with van der Waals surface area (Å²) in [5, 5.41) is 12.2. The summed E-state index contributed by atoms with van der Waals surface area (Å²) in [6, 6.07) is 8.19. The van der Waals surface area contributed by atoms with Crippen LogP contribution in [0.15, 0.2) is 34.7 Å². The molecule has 2 aromatic rings. The normalized spacial score (nSPS) is 10.2. The molecule has 1 aromatic heterocycles. The molecule has 110 valence electrons. The molecule has 0 amide bonds. The predicted molar refractivity (Wildman–Crippen MR) is 75.5 cm³/mol. The van der Waals surface area contributed by atoms with Crippen molar-refractivity contribution in [1.29, 1.82) is 0 Å². The molecule has 1 aromatic carbocycles. The van der Waals surface area contributed by atoms with Crippen molar-refractivity contribution in [2.45, 2.75) is 13.5 Å². The third-order valence-corrected chi connectivity index (χ3v) is 3.07. The van der Waals surface area contributed by atoms with Crippen molar-refractivity contribution in [3.63, 3.8) is 0 Å². The molecule has 2 rings (SSSR count). The van der Waals surface area contributed by atoms with Gasteiger partial charge in [-0.25, -0.2) is 9.59 Å². The Morgan fingerprint density at radius 3 is 2.71 bits per heavy atom. The van der Waals surface area contributed by atoms with Gasteiger partial charge in [0.25, 0.3) is 0 Å². The topological polar surface area (TPSA) is 88.8 Å². The molecule has 0 aliphatic heterocycles. The van der Waals surface area contributed by atoms with Crippen LogP contribution in [0.5, 0.6) is 0 Å². The number of furan rings is 1. The third kappa shape index (κ3) is 3.22. The maximum absolute atomic E-state index is 11.3. The maximum atomic E-state index is 11.3. The van der Waals surface area contributed by atoms with E-state index in [0.29, 0.717) is 23.6 Å². The SMILES string of the molecule is COC(=O)c1ccc(CNc2cccc(C(=O)O)c2C)o1. The molecule has 0 bridgehead atoms. The molecule has 0 aliphatic carbocycles. The summed E-state index contributed by atoms with van der Waals surface area (Å²) in [4.78, 5) is 22.3. The number of benzene rings is 1. The first-order chi connectivity index (χ1) is 10.0. The van der Waals surface area contributed by atoms with Gasteiger partial charge < -0.3 is 19.6 Å². The highest BCUT2D eigenvalue weighted by Gasteiger charge is 2.12. The number of ether oxygens (including phenoxy) is 1. The fourth-order valence-corrected chi connectivity index (χ4v) is 1.92. The molecule has 0 unspecified atom stereocenters. The lowest BCUT2D eigenvalue weighted by atomic mass is 10.1. The van der Waals surface area contributed by atoms with E-state index in [2.05, 4.69) is 10.1 Å². The number of esters is 1. The van der Waals surface area contributed by atoms with Gasteiger partial charge in [0.05, 0.1) is 19.2 Å². The zero-order chi connectivity index (χ0) is 15.4. The molecular weight excluding hydrogens is 274 g/mol. The summed E-state index contributed by atoms with van der Waals surface area (Å²) in [6.07, 6.45) is 0. The van der Waals surface area contributed by atoms with Gasteiger partial charge in [-0.05, 0) is 36.8 Å². The Labute approximate surface area is 121 Å². The highest BCUT2D eigenvalue weighted by Crippen LogP contribution is 2.20. The van der Waals surface area contributed by atoms with Gasteiger partial charge in [0.15, 0.2) is 0 Å². The van der Waals surface area contributed by atoms with Crippen molar-refractivity contribution in [2.75, 3.05) is 12.4 Å². The first-order valence-corrected chi connectivity index (χ1v) is 6.26. The van der Waals surface area contributed by atoms with Crippen LogP contribution in [0, 0.1) is 6.92 Å². The third-order valence-electron chi connectivity index (χ3n) is 3.07. The molecule has 0 spiro atoms. The van der Waals surface area contributed by atoms with Crippen LogP contribution in [0.1, 0.15) is 32.2 Å². The summed E-state index contributed by atoms with van der Waals surface area (Å²) in [7, 11) is 1.28. The van der Waals surface area contributed by atoms with E-state index in [4.69, 9.17) is 9.52 Å². The number of anilines is 1. The van der Waals surface area contributed by atoms with Gasteiger partial charge in [0.1, 0.15) is 5.76 Å². The van der Waals surface area contributed by atoms with E-state index in [1.165, 1.54) is 13.2 Å². The van der Waals surface area contributed by atoms with Gasteiger partial charge in [-0.3, -0.25) is 0 Å². The zero-order valence-electron chi connectivity index (χ0n) is 11.7. The number of rotatable bonds is 5. The lowest BCUT2D eigenvalue weighted by molar-refractivity contribution is 0.0562. The molecule has 0 fully saturated rings. The van der Waals surface area contributed by atoms with Crippen LogP contribution in [0.4, 0.5) is 5.69 Å². The highest BCUT2D eigenvalue weighted by atomic mass is 16.5. The molecule has 0 saturated carbocycles. The second kappa shape index (κ2) is 6.13. The van der Waals surface area contributed by atoms with Crippen molar-refractivity contribution in [3.8, 4) is 0 Å². The second-order valence-corrected chi connectivity index (χ2v) is 4.39. The molecular formula is C15H15NO5. The second-order valence-electron chi connectivity index (χ2n) is 4.39. The average Bonchev–Trinajstić information content (AvgIpc) is 2.94. The van der Waals surface area contributed by atoms with Crippen molar-refractivity contribution >= 4 is 17.6 Å². The summed E-state index contributed by atoms with van der Waals surface area (Å²) in [6.45, 7) is 2.06. The number of hydrogen-bond donors (Lipinski definition) is 2. The molecule has 6 heteroatoms. The molecule has 21 heavy (non-hydrogen) atoms. The van der Waals surface area contributed by atoms with Crippen molar-refractivity contribution < 1.29 is 23.8 Å². The van der Waals surface area contributed by atoms with Gasteiger partial charge in [0.2, 0.25) is 5.76 Å². The molecule has 0 atom stereocenters. The van der Waals surface area contributed by atoms with E-state index in [1.54, 1.807) is 31.2 Å². The van der Waals surface area contributed by atoms with E-state index in [-0.39, 0.29) is 11.3 Å². The summed E-state index contributed by atoms with van der Waals surface area (Å²) in [5.41, 5.74) is 1.59. The van der Waals surface area contributed by atoms with Crippen LogP contribution >= 0.6 is 0 Å². The minimum atomic E-state index is -0.970. The Morgan fingerprint density at radius 1 is 1.29 bits per heavy atom. The highest BCUT2D eigenvalue weighted by molar-refractivity contribution is 5.91. The van der Waals surface area contributed by atoms with E-state index in [1.807, 2.05) is 0 Å². The summed E-state index contributed by atoms with van der Waals surface area (Å²) >= 11 is 0. The molecule has 1 heterocycles. The molecule has 2 N–H and O–H groups in total. The van der Waals surface area contributed by atoms with E-state index in [0.717, 1.165) is 0 Å².